The lowest BCUT2D eigenvalue weighted by molar-refractivity contribution is -0.148. The molecule has 2 saturated carbocycles. The molecule has 4 rings (SSSR count). The van der Waals surface area contributed by atoms with Crippen LogP contribution in [0.25, 0.3) is 0 Å². The Morgan fingerprint density at radius 1 is 1.06 bits per heavy atom. The highest BCUT2D eigenvalue weighted by Crippen LogP contribution is 2.73. The molecular formula is C27H37NO4. The minimum atomic E-state index is -1.11. The third kappa shape index (κ3) is 4.16. The number of likely N-dealkylation sites (N-methyl/N-ethyl adjacent to an activating group) is 1. The number of aromatic hydroxyl groups is 1. The Bertz CT molecular complexity index is 926. The predicted molar refractivity (Wildman–Crippen MR) is 127 cm³/mol. The van der Waals surface area contributed by atoms with Gasteiger partial charge in [-0.2, -0.15) is 0 Å². The van der Waals surface area contributed by atoms with Crippen LogP contribution in [0.4, 0.5) is 0 Å². The number of hydrogen-bond donors (Lipinski definition) is 2. The first-order valence-electron chi connectivity index (χ1n) is 11.4. The maximum absolute atomic E-state index is 10.3. The number of nitrogens with zero attached hydrogens (tertiary/aromatic N) is 1. The molecule has 2 N–H and O–H groups in total. The van der Waals surface area contributed by atoms with Crippen LogP contribution in [-0.4, -0.2) is 48.3 Å². The molecule has 2 aliphatic rings. The van der Waals surface area contributed by atoms with Crippen LogP contribution in [0, 0.1) is 16.7 Å². The van der Waals surface area contributed by atoms with Crippen molar-refractivity contribution in [3.63, 3.8) is 0 Å². The number of benzene rings is 2. The third-order valence-electron chi connectivity index (χ3n) is 8.12. The molecule has 2 aromatic rings. The lowest BCUT2D eigenvalue weighted by atomic mass is 9.62. The van der Waals surface area contributed by atoms with Gasteiger partial charge in [0.05, 0.1) is 12.2 Å². The van der Waals surface area contributed by atoms with Crippen molar-refractivity contribution in [1.29, 1.82) is 0 Å². The number of aromatic carboxylic acids is 1. The number of carbonyl (C=O) groups is 1. The quantitative estimate of drug-likeness (QED) is 0.631. The Kier molecular flexibility index (Phi) is 7.01. The van der Waals surface area contributed by atoms with Crippen LogP contribution < -0.4 is 0 Å². The van der Waals surface area contributed by atoms with Crippen molar-refractivity contribution in [2.24, 2.45) is 16.7 Å². The van der Waals surface area contributed by atoms with Crippen molar-refractivity contribution in [2.45, 2.75) is 45.6 Å². The fraction of sp³-hybridized carbons (Fsp3) is 0.519. The van der Waals surface area contributed by atoms with E-state index in [0.717, 1.165) is 19.1 Å². The molecule has 2 aromatic carbocycles. The second kappa shape index (κ2) is 9.24. The molecule has 0 radical (unpaired) electrons. The maximum atomic E-state index is 10.3. The SMILES string of the molecule is CN(C)CCO[C@]1(c2ccccc2)C[C@H]2CC[C@]1(C)C2(C)C.O=C(O)c1ccccc1O. The van der Waals surface area contributed by atoms with Crippen LogP contribution in [0.2, 0.25) is 0 Å². The normalized spacial score (nSPS) is 27.8. The van der Waals surface area contributed by atoms with E-state index in [-0.39, 0.29) is 22.3 Å². The largest absolute Gasteiger partial charge is 0.507 e. The van der Waals surface area contributed by atoms with Gasteiger partial charge >= 0.3 is 5.97 Å². The number of para-hydroxylation sites is 1. The highest BCUT2D eigenvalue weighted by atomic mass is 16.5. The minimum Gasteiger partial charge on any atom is -0.507 e. The Morgan fingerprint density at radius 2 is 1.69 bits per heavy atom. The Labute approximate surface area is 192 Å². The number of hydrogen-bond acceptors (Lipinski definition) is 4. The van der Waals surface area contributed by atoms with Gasteiger partial charge in [0.25, 0.3) is 0 Å². The first kappa shape index (κ1) is 24.3. The topological polar surface area (TPSA) is 70.0 Å². The summed E-state index contributed by atoms with van der Waals surface area (Å²) in [7, 11) is 4.23. The lowest BCUT2D eigenvalue weighted by Gasteiger charge is -2.49. The van der Waals surface area contributed by atoms with Gasteiger partial charge in [0.1, 0.15) is 11.3 Å². The highest BCUT2D eigenvalue weighted by Gasteiger charge is 2.69. The van der Waals surface area contributed by atoms with Gasteiger partial charge in [-0.15, -0.1) is 0 Å². The van der Waals surface area contributed by atoms with Gasteiger partial charge < -0.3 is 19.8 Å². The molecule has 0 amide bonds. The van der Waals surface area contributed by atoms with Crippen molar-refractivity contribution in [3.05, 3.63) is 65.7 Å². The Hall–Kier alpha value is -2.37. The van der Waals surface area contributed by atoms with Gasteiger partial charge in [0.2, 0.25) is 0 Å². The minimum absolute atomic E-state index is 0.0671. The standard InChI is InChI=1S/C20H31NO.C7H6O3/c1-18(2)17-11-12-19(18,3)20(15-17,22-14-13-21(4)5)16-9-7-6-8-10-16;8-6-4-2-1-3-5(6)7(9)10/h6-10,17H,11-15H2,1-5H3;1-4,8H,(H,9,10)/t17-,19-,20+;/m1./s1. The van der Waals surface area contributed by atoms with Crippen molar-refractivity contribution in [1.82, 2.24) is 4.90 Å². The van der Waals surface area contributed by atoms with E-state index in [0.29, 0.717) is 5.41 Å². The van der Waals surface area contributed by atoms with Crippen LogP contribution in [0.15, 0.2) is 54.6 Å². The Morgan fingerprint density at radius 3 is 2.16 bits per heavy atom. The van der Waals surface area contributed by atoms with Gasteiger partial charge in [0.15, 0.2) is 0 Å². The number of rotatable bonds is 6. The fourth-order valence-electron chi connectivity index (χ4n) is 5.75. The molecule has 0 heterocycles. The number of carboxylic acids is 1. The predicted octanol–water partition coefficient (Wildman–Crippen LogP) is 5.40. The van der Waals surface area contributed by atoms with E-state index in [2.05, 4.69) is 70.1 Å². The summed E-state index contributed by atoms with van der Waals surface area (Å²) in [5.74, 6) is -0.537. The highest BCUT2D eigenvalue weighted by molar-refractivity contribution is 5.90. The lowest BCUT2D eigenvalue weighted by Crippen LogP contribution is -2.47. The van der Waals surface area contributed by atoms with Gasteiger partial charge in [-0.05, 0) is 62.4 Å². The van der Waals surface area contributed by atoms with E-state index in [4.69, 9.17) is 14.9 Å². The summed E-state index contributed by atoms with van der Waals surface area (Å²) < 4.78 is 6.72. The van der Waals surface area contributed by atoms with Crippen LogP contribution >= 0.6 is 0 Å². The smallest absolute Gasteiger partial charge is 0.339 e. The first-order valence-corrected chi connectivity index (χ1v) is 11.4. The average molecular weight is 440 g/mol. The van der Waals surface area contributed by atoms with Crippen molar-refractivity contribution < 1.29 is 19.7 Å². The van der Waals surface area contributed by atoms with Crippen molar-refractivity contribution >= 4 is 5.97 Å². The Balaban J connectivity index is 0.000000243. The molecule has 0 aliphatic heterocycles. The monoisotopic (exact) mass is 439 g/mol. The van der Waals surface area contributed by atoms with Gasteiger partial charge in [-0.25, -0.2) is 4.79 Å². The molecule has 2 aliphatic carbocycles. The van der Waals surface area contributed by atoms with E-state index in [9.17, 15) is 4.79 Å². The van der Waals surface area contributed by atoms with Crippen LogP contribution in [0.5, 0.6) is 5.75 Å². The van der Waals surface area contributed by atoms with E-state index >= 15 is 0 Å². The summed E-state index contributed by atoms with van der Waals surface area (Å²) in [6.07, 6.45) is 3.81. The van der Waals surface area contributed by atoms with Gasteiger partial charge in [-0.1, -0.05) is 63.2 Å². The zero-order chi connectivity index (χ0) is 23.6. The van der Waals surface area contributed by atoms with Gasteiger partial charge in [-0.3, -0.25) is 0 Å². The molecule has 2 bridgehead atoms. The molecule has 3 atom stereocenters. The number of ether oxygens (including phenoxy) is 1. The molecule has 5 heteroatoms. The molecule has 0 unspecified atom stereocenters. The van der Waals surface area contributed by atoms with E-state index in [1.807, 2.05) is 0 Å². The van der Waals surface area contributed by atoms with Crippen LogP contribution in [-0.2, 0) is 10.3 Å². The van der Waals surface area contributed by atoms with Gasteiger partial charge in [0, 0.05) is 12.0 Å². The third-order valence-corrected chi connectivity index (χ3v) is 8.12. The van der Waals surface area contributed by atoms with Crippen LogP contribution in [0.3, 0.4) is 0 Å². The average Bonchev–Trinajstić information content (AvgIpc) is 3.07. The number of carboxylic acid groups (broad SMARTS) is 1. The maximum Gasteiger partial charge on any atom is 0.339 e. The summed E-state index contributed by atoms with van der Waals surface area (Å²) in [5.41, 5.74) is 1.77. The van der Waals surface area contributed by atoms with E-state index < -0.39 is 5.97 Å². The second-order valence-electron chi connectivity index (χ2n) is 10.2. The molecule has 0 aromatic heterocycles. The summed E-state index contributed by atoms with van der Waals surface area (Å²) in [4.78, 5) is 12.5. The fourth-order valence-corrected chi connectivity index (χ4v) is 5.75. The molecule has 0 saturated heterocycles. The van der Waals surface area contributed by atoms with Crippen molar-refractivity contribution in [3.8, 4) is 5.75 Å². The zero-order valence-corrected chi connectivity index (χ0v) is 20.0. The number of phenols is 1. The second-order valence-corrected chi connectivity index (χ2v) is 10.2. The van der Waals surface area contributed by atoms with Crippen LogP contribution in [0.1, 0.15) is 56.0 Å². The summed E-state index contributed by atoms with van der Waals surface area (Å²) in [6.45, 7) is 9.19. The first-order chi connectivity index (χ1) is 15.0. The molecule has 174 valence electrons. The van der Waals surface area contributed by atoms with E-state index in [1.54, 1.807) is 12.1 Å². The summed E-state index contributed by atoms with van der Waals surface area (Å²) >= 11 is 0. The summed E-state index contributed by atoms with van der Waals surface area (Å²) in [6, 6.07) is 16.8. The molecule has 32 heavy (non-hydrogen) atoms. The molecule has 2 fully saturated rings. The molecule has 5 nitrogen and oxygen atoms in total. The molecule has 0 spiro atoms. The zero-order valence-electron chi connectivity index (χ0n) is 20.0. The van der Waals surface area contributed by atoms with E-state index in [1.165, 1.54) is 37.0 Å². The summed E-state index contributed by atoms with van der Waals surface area (Å²) in [5, 5.41) is 17.3. The molecular weight excluding hydrogens is 402 g/mol. The van der Waals surface area contributed by atoms with Crippen molar-refractivity contribution in [2.75, 3.05) is 27.2 Å². The number of fused-ring (bicyclic) bond motifs is 2.